The van der Waals surface area contributed by atoms with Gasteiger partial charge < -0.3 is 14.5 Å². The van der Waals surface area contributed by atoms with E-state index in [9.17, 15) is 9.59 Å². The van der Waals surface area contributed by atoms with Crippen LogP contribution in [0.4, 0.5) is 0 Å². The number of Topliss-reactive ketones (excluding diaryl/α,β-unsaturated/α-hetero) is 2. The maximum absolute atomic E-state index is 12.8. The van der Waals surface area contributed by atoms with E-state index in [0.29, 0.717) is 35.7 Å². The van der Waals surface area contributed by atoms with Crippen LogP contribution in [0.3, 0.4) is 0 Å². The van der Waals surface area contributed by atoms with Gasteiger partial charge in [-0.2, -0.15) is 0 Å². The van der Waals surface area contributed by atoms with Crippen molar-refractivity contribution in [2.45, 2.75) is 13.1 Å². The highest BCUT2D eigenvalue weighted by Crippen LogP contribution is 2.36. The maximum atomic E-state index is 12.8. The minimum Gasteiger partial charge on any atom is -0.383 e. The molecule has 21 heavy (non-hydrogen) atoms. The highest BCUT2D eigenvalue weighted by molar-refractivity contribution is 6.26. The summed E-state index contributed by atoms with van der Waals surface area (Å²) in [7, 11) is 3.48. The molecule has 1 aliphatic heterocycles. The number of benzene rings is 1. The summed E-state index contributed by atoms with van der Waals surface area (Å²) in [5, 5.41) is 0. The van der Waals surface area contributed by atoms with Crippen LogP contribution in [0.5, 0.6) is 0 Å². The van der Waals surface area contributed by atoms with Crippen molar-refractivity contribution in [3.63, 3.8) is 0 Å². The summed E-state index contributed by atoms with van der Waals surface area (Å²) in [5.74, 6) is -0.151. The van der Waals surface area contributed by atoms with E-state index in [2.05, 4.69) is 0 Å². The lowest BCUT2D eigenvalue weighted by atomic mass is 9.90. The van der Waals surface area contributed by atoms with Crippen molar-refractivity contribution in [3.8, 4) is 0 Å². The summed E-state index contributed by atoms with van der Waals surface area (Å²) in [4.78, 5) is 29.3. The van der Waals surface area contributed by atoms with Crippen molar-refractivity contribution in [2.75, 3.05) is 27.3 Å². The largest absolute Gasteiger partial charge is 0.383 e. The summed E-state index contributed by atoms with van der Waals surface area (Å²) in [6.45, 7) is 3.08. The Hall–Kier alpha value is -2.14. The van der Waals surface area contributed by atoms with Gasteiger partial charge >= 0.3 is 0 Å². The molecule has 1 atom stereocenters. The standard InChI is InChI=1S/C16H18N2O3/c1-10-17(2)13-14(18(10)8-9-21-3)16(20)12-7-5-4-6-11(12)15(13)19/h4-7,10H,8-9H2,1-3H3. The van der Waals surface area contributed by atoms with Gasteiger partial charge in [0.1, 0.15) is 11.4 Å². The molecule has 110 valence electrons. The molecule has 1 aromatic rings. The average molecular weight is 286 g/mol. The monoisotopic (exact) mass is 286 g/mol. The molecule has 0 fully saturated rings. The fourth-order valence-electron chi connectivity index (χ4n) is 3.01. The van der Waals surface area contributed by atoms with Gasteiger partial charge in [-0.15, -0.1) is 0 Å². The fraction of sp³-hybridized carbons (Fsp3) is 0.375. The van der Waals surface area contributed by atoms with Crippen LogP contribution in [0, 0.1) is 0 Å². The number of carbonyl (C=O) groups is 2. The SMILES string of the molecule is COCCN1C2=C(C(=O)c3ccccc3C2=O)N(C)C1C. The number of carbonyl (C=O) groups excluding carboxylic acids is 2. The first kappa shape index (κ1) is 13.8. The molecule has 0 bridgehead atoms. The molecule has 5 nitrogen and oxygen atoms in total. The highest BCUT2D eigenvalue weighted by Gasteiger charge is 2.44. The molecule has 3 rings (SSSR count). The predicted molar refractivity (Wildman–Crippen MR) is 77.9 cm³/mol. The molecule has 0 saturated carbocycles. The summed E-state index contributed by atoms with van der Waals surface area (Å²) < 4.78 is 5.12. The lowest BCUT2D eigenvalue weighted by Crippen LogP contribution is -2.38. The first-order valence-corrected chi connectivity index (χ1v) is 6.99. The average Bonchev–Trinajstić information content (AvgIpc) is 2.75. The summed E-state index contributed by atoms with van der Waals surface area (Å²) in [6, 6.07) is 7.01. The minimum absolute atomic E-state index is 0.0348. The Morgan fingerprint density at radius 2 is 1.67 bits per heavy atom. The zero-order valence-electron chi connectivity index (χ0n) is 12.4. The lowest BCUT2D eigenvalue weighted by Gasteiger charge is -2.28. The molecule has 1 aromatic carbocycles. The Kier molecular flexibility index (Phi) is 3.29. The second kappa shape index (κ2) is 5.00. The molecule has 0 saturated heterocycles. The van der Waals surface area contributed by atoms with Crippen molar-refractivity contribution in [3.05, 3.63) is 46.8 Å². The molecule has 5 heteroatoms. The van der Waals surface area contributed by atoms with Crippen LogP contribution in [0.1, 0.15) is 27.6 Å². The molecular weight excluding hydrogens is 268 g/mol. The Morgan fingerprint density at radius 3 is 2.24 bits per heavy atom. The normalized spacial score (nSPS) is 21.0. The number of rotatable bonds is 3. The third kappa shape index (κ3) is 1.88. The van der Waals surface area contributed by atoms with Crippen LogP contribution in [0.25, 0.3) is 0 Å². The van der Waals surface area contributed by atoms with Crippen molar-refractivity contribution < 1.29 is 14.3 Å². The third-order valence-corrected chi connectivity index (χ3v) is 4.26. The first-order valence-electron chi connectivity index (χ1n) is 6.99. The van der Waals surface area contributed by atoms with Gasteiger partial charge in [0.25, 0.3) is 0 Å². The molecule has 0 amide bonds. The van der Waals surface area contributed by atoms with Crippen molar-refractivity contribution >= 4 is 11.6 Å². The molecule has 0 spiro atoms. The number of hydrogen-bond acceptors (Lipinski definition) is 5. The second-order valence-electron chi connectivity index (χ2n) is 5.33. The minimum atomic E-state index is -0.0764. The van der Waals surface area contributed by atoms with Crippen LogP contribution < -0.4 is 0 Å². The number of fused-ring (bicyclic) bond motifs is 1. The second-order valence-corrected chi connectivity index (χ2v) is 5.33. The van der Waals surface area contributed by atoms with E-state index in [-0.39, 0.29) is 17.7 Å². The van der Waals surface area contributed by atoms with Gasteiger partial charge in [0.05, 0.1) is 12.8 Å². The summed E-state index contributed by atoms with van der Waals surface area (Å²) in [5.41, 5.74) is 1.99. The summed E-state index contributed by atoms with van der Waals surface area (Å²) in [6.07, 6.45) is -0.0348. The van der Waals surface area contributed by atoms with Gasteiger partial charge in [0.2, 0.25) is 11.6 Å². The van der Waals surface area contributed by atoms with E-state index in [1.54, 1.807) is 31.4 Å². The van der Waals surface area contributed by atoms with Crippen LogP contribution >= 0.6 is 0 Å². The topological polar surface area (TPSA) is 49.9 Å². The van der Waals surface area contributed by atoms with E-state index in [4.69, 9.17) is 4.74 Å². The van der Waals surface area contributed by atoms with Gasteiger partial charge in [-0.05, 0) is 6.92 Å². The molecule has 0 aromatic heterocycles. The Labute approximate surface area is 123 Å². The van der Waals surface area contributed by atoms with Gasteiger partial charge in [0.15, 0.2) is 0 Å². The number of nitrogens with zero attached hydrogens (tertiary/aromatic N) is 2. The molecule has 1 unspecified atom stereocenters. The van der Waals surface area contributed by atoms with Gasteiger partial charge in [-0.1, -0.05) is 24.3 Å². The van der Waals surface area contributed by atoms with Crippen LogP contribution in [-0.4, -0.2) is 54.8 Å². The summed E-state index contributed by atoms with van der Waals surface area (Å²) >= 11 is 0. The Balaban J connectivity index is 2.10. The fourth-order valence-corrected chi connectivity index (χ4v) is 3.01. The Morgan fingerprint density at radius 1 is 1.10 bits per heavy atom. The predicted octanol–water partition coefficient (Wildman–Crippen LogP) is 1.52. The number of allylic oxidation sites excluding steroid dienone is 2. The molecule has 0 radical (unpaired) electrons. The number of methoxy groups -OCH3 is 1. The van der Waals surface area contributed by atoms with Crippen LogP contribution in [0.15, 0.2) is 35.7 Å². The van der Waals surface area contributed by atoms with Crippen molar-refractivity contribution in [2.24, 2.45) is 0 Å². The van der Waals surface area contributed by atoms with E-state index in [0.717, 1.165) is 0 Å². The van der Waals surface area contributed by atoms with Crippen LogP contribution in [-0.2, 0) is 4.74 Å². The number of hydrogen-bond donors (Lipinski definition) is 0. The molecule has 2 aliphatic rings. The van der Waals surface area contributed by atoms with E-state index in [1.165, 1.54) is 0 Å². The molecule has 0 N–H and O–H groups in total. The van der Waals surface area contributed by atoms with E-state index >= 15 is 0 Å². The quantitative estimate of drug-likeness (QED) is 0.843. The zero-order chi connectivity index (χ0) is 15.1. The molecular formula is C16H18N2O3. The van der Waals surface area contributed by atoms with Gasteiger partial charge in [-0.3, -0.25) is 9.59 Å². The highest BCUT2D eigenvalue weighted by atomic mass is 16.5. The molecule has 1 heterocycles. The third-order valence-electron chi connectivity index (χ3n) is 4.26. The van der Waals surface area contributed by atoms with Crippen LogP contribution in [0.2, 0.25) is 0 Å². The molecule has 1 aliphatic carbocycles. The van der Waals surface area contributed by atoms with E-state index in [1.807, 2.05) is 23.8 Å². The smallest absolute Gasteiger partial charge is 0.212 e. The van der Waals surface area contributed by atoms with Crippen molar-refractivity contribution in [1.82, 2.24) is 9.80 Å². The zero-order valence-corrected chi connectivity index (χ0v) is 12.4. The van der Waals surface area contributed by atoms with Crippen molar-refractivity contribution in [1.29, 1.82) is 0 Å². The Bertz CT molecular complexity index is 651. The maximum Gasteiger partial charge on any atom is 0.212 e. The van der Waals surface area contributed by atoms with E-state index < -0.39 is 0 Å². The number of likely N-dealkylation sites (N-methyl/N-ethyl adjacent to an activating group) is 1. The first-order chi connectivity index (χ1) is 10.1. The van der Waals surface area contributed by atoms with Gasteiger partial charge in [-0.25, -0.2) is 0 Å². The number of ketones is 2. The number of ether oxygens (including phenoxy) is 1. The van der Waals surface area contributed by atoms with Gasteiger partial charge in [0, 0.05) is 31.8 Å². The lowest BCUT2D eigenvalue weighted by molar-refractivity contribution is 0.0916.